The van der Waals surface area contributed by atoms with Gasteiger partial charge in [-0.05, 0) is 87.8 Å². The van der Waals surface area contributed by atoms with Crippen LogP contribution in [0.15, 0.2) is 91.0 Å². The predicted octanol–water partition coefficient (Wildman–Crippen LogP) is 8.21. The number of rotatable bonds is 11. The highest BCUT2D eigenvalue weighted by Gasteiger charge is 2.30. The maximum Gasteiger partial charge on any atom is 0.306 e. The molecule has 3 aromatic carbocycles. The van der Waals surface area contributed by atoms with E-state index in [1.54, 1.807) is 0 Å². The highest BCUT2D eigenvalue weighted by molar-refractivity contribution is 5.96. The van der Waals surface area contributed by atoms with Crippen molar-refractivity contribution in [2.75, 3.05) is 31.1 Å². The zero-order chi connectivity index (χ0) is 36.1. The average Bonchev–Trinajstić information content (AvgIpc) is 3.48. The van der Waals surface area contributed by atoms with E-state index < -0.39 is 5.60 Å². The maximum atomic E-state index is 12.4. The first kappa shape index (κ1) is 35.5. The Balaban J connectivity index is 1.02. The Kier molecular flexibility index (Phi) is 10.8. The van der Waals surface area contributed by atoms with E-state index in [0.717, 1.165) is 85.1 Å². The van der Waals surface area contributed by atoms with Crippen molar-refractivity contribution >= 4 is 22.6 Å². The molecule has 1 saturated heterocycles. The number of piperazine rings is 1. The third-order valence-corrected chi connectivity index (χ3v) is 10.3. The number of nitrogens with zero attached hydrogens (tertiary/aromatic N) is 5. The van der Waals surface area contributed by atoms with Gasteiger partial charge >= 0.3 is 5.97 Å². The third kappa shape index (κ3) is 8.76. The number of carbonyl (C=O) groups excluding carboxylic acids is 1. The standard InChI is InChI=1S/C43H51N5O4/c1-43(2,3)52-40(49)27-31-15-17-34(18-16-31)47-23-25-48(26-24-47)35-19-20-36-38(28-35)46(4)45-41(36)37-21-22-39(50-29-32-11-7-5-8-12-32)44-42(37)51-30-33-13-9-6-10-14-33/h5-14,19-22,28,31,34H,15-18,23-27,29-30H2,1-4H3. The summed E-state index contributed by atoms with van der Waals surface area (Å²) in [6.45, 7) is 10.7. The van der Waals surface area contributed by atoms with E-state index in [0.29, 0.717) is 43.4 Å². The summed E-state index contributed by atoms with van der Waals surface area (Å²) in [6, 6.07) is 31.4. The molecule has 2 fully saturated rings. The zero-order valence-electron chi connectivity index (χ0n) is 31.0. The Morgan fingerprint density at radius 1 is 0.788 bits per heavy atom. The van der Waals surface area contributed by atoms with Gasteiger partial charge in [-0.3, -0.25) is 14.4 Å². The molecule has 0 spiro atoms. The minimum atomic E-state index is -0.415. The number of esters is 1. The molecule has 0 unspecified atom stereocenters. The van der Waals surface area contributed by atoms with Gasteiger partial charge < -0.3 is 19.1 Å². The van der Waals surface area contributed by atoms with Gasteiger partial charge in [-0.15, -0.1) is 0 Å². The molecule has 9 heteroatoms. The topological polar surface area (TPSA) is 82.0 Å². The summed E-state index contributed by atoms with van der Waals surface area (Å²) in [6.07, 6.45) is 5.05. The molecule has 2 aliphatic rings. The molecule has 0 bridgehead atoms. The monoisotopic (exact) mass is 701 g/mol. The van der Waals surface area contributed by atoms with E-state index in [4.69, 9.17) is 24.3 Å². The molecule has 5 aromatic rings. The summed E-state index contributed by atoms with van der Waals surface area (Å²) in [4.78, 5) is 22.4. The van der Waals surface area contributed by atoms with Crippen molar-refractivity contribution < 1.29 is 19.0 Å². The van der Waals surface area contributed by atoms with Crippen molar-refractivity contribution in [2.45, 2.75) is 77.7 Å². The number of carbonyl (C=O) groups is 1. The predicted molar refractivity (Wildman–Crippen MR) is 205 cm³/mol. The minimum Gasteiger partial charge on any atom is -0.473 e. The van der Waals surface area contributed by atoms with E-state index in [1.165, 1.54) is 5.69 Å². The van der Waals surface area contributed by atoms with E-state index in [1.807, 2.05) is 105 Å². The van der Waals surface area contributed by atoms with Crippen LogP contribution in [-0.4, -0.2) is 63.5 Å². The molecule has 0 radical (unpaired) electrons. The average molecular weight is 702 g/mol. The lowest BCUT2D eigenvalue weighted by Crippen LogP contribution is -2.51. The van der Waals surface area contributed by atoms with Gasteiger partial charge in [0.05, 0.1) is 11.1 Å². The summed E-state index contributed by atoms with van der Waals surface area (Å²) in [5.74, 6) is 1.38. The van der Waals surface area contributed by atoms with Crippen LogP contribution in [0.25, 0.3) is 22.2 Å². The van der Waals surface area contributed by atoms with Crippen LogP contribution in [0.1, 0.15) is 64.0 Å². The highest BCUT2D eigenvalue weighted by Crippen LogP contribution is 2.37. The van der Waals surface area contributed by atoms with Crippen LogP contribution >= 0.6 is 0 Å². The number of benzene rings is 3. The van der Waals surface area contributed by atoms with Gasteiger partial charge in [-0.25, -0.2) is 0 Å². The van der Waals surface area contributed by atoms with Gasteiger partial charge in [0.1, 0.15) is 24.5 Å². The first-order chi connectivity index (χ1) is 25.2. The number of hydrogen-bond donors (Lipinski definition) is 0. The van der Waals surface area contributed by atoms with Crippen LogP contribution < -0.4 is 14.4 Å². The second-order valence-corrected chi connectivity index (χ2v) is 15.2. The minimum absolute atomic E-state index is 0.0578. The molecular formula is C43H51N5O4. The molecule has 272 valence electrons. The summed E-state index contributed by atoms with van der Waals surface area (Å²) < 4.78 is 20.0. The fraction of sp³-hybridized carbons (Fsp3) is 0.419. The Morgan fingerprint density at radius 3 is 2.10 bits per heavy atom. The van der Waals surface area contributed by atoms with E-state index in [9.17, 15) is 4.79 Å². The summed E-state index contributed by atoms with van der Waals surface area (Å²) >= 11 is 0. The van der Waals surface area contributed by atoms with Crippen molar-refractivity contribution in [3.05, 3.63) is 102 Å². The Morgan fingerprint density at radius 2 is 1.44 bits per heavy atom. The second kappa shape index (κ2) is 15.8. The molecule has 1 aliphatic heterocycles. The molecule has 52 heavy (non-hydrogen) atoms. The third-order valence-electron chi connectivity index (χ3n) is 10.3. The van der Waals surface area contributed by atoms with Gasteiger partial charge in [0.15, 0.2) is 0 Å². The summed E-state index contributed by atoms with van der Waals surface area (Å²) in [5.41, 5.74) is 5.67. The van der Waals surface area contributed by atoms with E-state index in [-0.39, 0.29) is 5.97 Å². The van der Waals surface area contributed by atoms with Crippen molar-refractivity contribution in [1.29, 1.82) is 0 Å². The van der Waals surface area contributed by atoms with Crippen molar-refractivity contribution in [3.63, 3.8) is 0 Å². The number of hydrogen-bond acceptors (Lipinski definition) is 8. The summed E-state index contributed by atoms with van der Waals surface area (Å²) in [5, 5.41) is 6.05. The van der Waals surface area contributed by atoms with Crippen molar-refractivity contribution in [2.24, 2.45) is 13.0 Å². The van der Waals surface area contributed by atoms with E-state index >= 15 is 0 Å². The number of aromatic nitrogens is 3. The first-order valence-electron chi connectivity index (χ1n) is 18.7. The fourth-order valence-corrected chi connectivity index (χ4v) is 7.57. The molecule has 0 N–H and O–H groups in total. The van der Waals surface area contributed by atoms with Crippen LogP contribution in [0, 0.1) is 5.92 Å². The molecule has 7 rings (SSSR count). The number of ether oxygens (including phenoxy) is 3. The molecule has 1 aliphatic carbocycles. The van der Waals surface area contributed by atoms with Crippen LogP contribution in [0.2, 0.25) is 0 Å². The highest BCUT2D eigenvalue weighted by atomic mass is 16.6. The largest absolute Gasteiger partial charge is 0.473 e. The zero-order valence-corrected chi connectivity index (χ0v) is 31.0. The lowest BCUT2D eigenvalue weighted by Gasteiger charge is -2.42. The first-order valence-corrected chi connectivity index (χ1v) is 18.7. The molecule has 0 amide bonds. The molecule has 0 atom stereocenters. The fourth-order valence-electron chi connectivity index (χ4n) is 7.57. The van der Waals surface area contributed by atoms with Gasteiger partial charge in [-0.2, -0.15) is 10.1 Å². The van der Waals surface area contributed by atoms with Crippen LogP contribution in [0.4, 0.5) is 5.69 Å². The Bertz CT molecular complexity index is 1940. The number of fused-ring (bicyclic) bond motifs is 1. The summed E-state index contributed by atoms with van der Waals surface area (Å²) in [7, 11) is 2.00. The van der Waals surface area contributed by atoms with Gasteiger partial charge in [0, 0.05) is 62.8 Å². The smallest absolute Gasteiger partial charge is 0.306 e. The van der Waals surface area contributed by atoms with Crippen molar-refractivity contribution in [3.8, 4) is 23.0 Å². The Hall–Kier alpha value is -4.89. The van der Waals surface area contributed by atoms with Crippen molar-refractivity contribution in [1.82, 2.24) is 19.7 Å². The van der Waals surface area contributed by atoms with Gasteiger partial charge in [-0.1, -0.05) is 60.7 Å². The maximum absolute atomic E-state index is 12.4. The van der Waals surface area contributed by atoms with Crippen LogP contribution in [-0.2, 0) is 29.8 Å². The molecule has 2 aromatic heterocycles. The number of pyridine rings is 1. The second-order valence-electron chi connectivity index (χ2n) is 15.2. The van der Waals surface area contributed by atoms with Crippen LogP contribution in [0.5, 0.6) is 11.8 Å². The molecule has 3 heterocycles. The van der Waals surface area contributed by atoms with Gasteiger partial charge in [0.25, 0.3) is 0 Å². The normalized spacial score (nSPS) is 18.3. The molecule has 9 nitrogen and oxygen atoms in total. The van der Waals surface area contributed by atoms with Gasteiger partial charge in [0.2, 0.25) is 11.8 Å². The molecule has 1 saturated carbocycles. The van der Waals surface area contributed by atoms with Crippen LogP contribution in [0.3, 0.4) is 0 Å². The number of anilines is 1. The lowest BCUT2D eigenvalue weighted by atomic mass is 9.83. The SMILES string of the molecule is Cn1nc(-c2ccc(OCc3ccccc3)nc2OCc2ccccc2)c2ccc(N3CCN(C4CCC(CC(=O)OC(C)(C)C)CC4)CC3)cc21. The quantitative estimate of drug-likeness (QED) is 0.128. The number of aryl methyl sites for hydroxylation is 1. The lowest BCUT2D eigenvalue weighted by molar-refractivity contribution is -0.156. The Labute approximate surface area is 307 Å². The molecular weight excluding hydrogens is 651 g/mol. The van der Waals surface area contributed by atoms with E-state index in [2.05, 4.69) is 28.0 Å².